The quantitative estimate of drug-likeness (QED) is 0.285. The lowest BCUT2D eigenvalue weighted by molar-refractivity contribution is -0.143. The zero-order chi connectivity index (χ0) is 23.9. The Labute approximate surface area is 188 Å². The molecule has 0 aliphatic rings. The van der Waals surface area contributed by atoms with E-state index in [9.17, 15) is 14.4 Å². The molecule has 0 unspecified atom stereocenters. The van der Waals surface area contributed by atoms with Crippen LogP contribution < -0.4 is 10.6 Å². The number of alkyl carbamates (subject to hydrolysis) is 1. The van der Waals surface area contributed by atoms with Crippen LogP contribution in [0.4, 0.5) is 4.79 Å². The average Bonchev–Trinajstić information content (AvgIpc) is 2.62. The van der Waals surface area contributed by atoms with Gasteiger partial charge in [-0.2, -0.15) is 0 Å². The molecule has 1 atom stereocenters. The summed E-state index contributed by atoms with van der Waals surface area (Å²) in [5.41, 5.74) is 0.251. The number of allylic oxidation sites excluding steroid dienone is 2. The van der Waals surface area contributed by atoms with Crippen LogP contribution in [0.1, 0.15) is 99.8 Å². The minimum atomic E-state index is -0.653. The van der Waals surface area contributed by atoms with E-state index in [2.05, 4.69) is 17.6 Å². The highest BCUT2D eigenvalue weighted by molar-refractivity contribution is 5.86. The Hall–Kier alpha value is -2.05. The number of unbranched alkanes of at least 4 members (excludes halogenated alkanes) is 3. The van der Waals surface area contributed by atoms with E-state index in [0.717, 1.165) is 44.2 Å². The van der Waals surface area contributed by atoms with Crippen molar-refractivity contribution >= 4 is 18.0 Å². The zero-order valence-electron chi connectivity index (χ0n) is 20.6. The Balaban J connectivity index is 4.76. The third-order valence-electron chi connectivity index (χ3n) is 4.30. The van der Waals surface area contributed by atoms with Gasteiger partial charge in [0.2, 0.25) is 5.91 Å². The van der Waals surface area contributed by atoms with Gasteiger partial charge >= 0.3 is 12.1 Å². The molecule has 0 aromatic carbocycles. The lowest BCUT2D eigenvalue weighted by atomic mass is 10.0. The molecule has 0 aromatic rings. The van der Waals surface area contributed by atoms with E-state index < -0.39 is 17.7 Å². The first-order valence-corrected chi connectivity index (χ1v) is 11.6. The van der Waals surface area contributed by atoms with E-state index in [1.54, 1.807) is 27.7 Å². The fraction of sp³-hybridized carbons (Fsp3) is 0.792. The Morgan fingerprint density at radius 1 is 1.00 bits per heavy atom. The number of hydrogen-bond acceptors (Lipinski definition) is 5. The van der Waals surface area contributed by atoms with Gasteiger partial charge in [-0.25, -0.2) is 4.79 Å². The highest BCUT2D eigenvalue weighted by atomic mass is 16.6. The van der Waals surface area contributed by atoms with Crippen LogP contribution in [0.5, 0.6) is 0 Å². The molecule has 2 amide bonds. The van der Waals surface area contributed by atoms with Gasteiger partial charge in [-0.3, -0.25) is 9.59 Å². The highest BCUT2D eigenvalue weighted by Crippen LogP contribution is 2.12. The summed E-state index contributed by atoms with van der Waals surface area (Å²) in [6, 6.07) is -0.653. The lowest BCUT2D eigenvalue weighted by Gasteiger charge is -2.24. The molecule has 0 rings (SSSR count). The molecule has 7 nitrogen and oxygen atoms in total. The number of carbonyl (C=O) groups excluding carboxylic acids is 3. The first-order chi connectivity index (χ1) is 14.5. The van der Waals surface area contributed by atoms with Crippen molar-refractivity contribution in [2.75, 3.05) is 6.61 Å². The Morgan fingerprint density at radius 2 is 1.68 bits per heavy atom. The number of ether oxygens (including phenoxy) is 2. The Morgan fingerprint density at radius 3 is 2.23 bits per heavy atom. The summed E-state index contributed by atoms with van der Waals surface area (Å²) in [4.78, 5) is 36.4. The van der Waals surface area contributed by atoms with E-state index in [0.29, 0.717) is 19.4 Å². The van der Waals surface area contributed by atoms with Gasteiger partial charge in [-0.05, 0) is 65.7 Å². The van der Waals surface area contributed by atoms with Crippen molar-refractivity contribution in [1.29, 1.82) is 0 Å². The van der Waals surface area contributed by atoms with Gasteiger partial charge in [0.05, 0.1) is 6.61 Å². The molecule has 31 heavy (non-hydrogen) atoms. The van der Waals surface area contributed by atoms with Crippen molar-refractivity contribution in [3.05, 3.63) is 11.8 Å². The highest BCUT2D eigenvalue weighted by Gasteiger charge is 2.25. The van der Waals surface area contributed by atoms with Crippen LogP contribution in [-0.4, -0.2) is 36.2 Å². The second-order valence-corrected chi connectivity index (χ2v) is 9.20. The molecule has 0 heterocycles. The van der Waals surface area contributed by atoms with E-state index in [-0.39, 0.29) is 17.8 Å². The first kappa shape index (κ1) is 28.9. The molecule has 7 heteroatoms. The normalized spacial score (nSPS) is 13.0. The van der Waals surface area contributed by atoms with Crippen molar-refractivity contribution in [3.63, 3.8) is 0 Å². The van der Waals surface area contributed by atoms with Crippen molar-refractivity contribution < 1.29 is 23.9 Å². The van der Waals surface area contributed by atoms with Crippen molar-refractivity contribution in [2.24, 2.45) is 5.92 Å². The maximum absolute atomic E-state index is 12.9. The van der Waals surface area contributed by atoms with Crippen LogP contribution in [0.3, 0.4) is 0 Å². The molecular formula is C24H44N2O5. The second kappa shape index (κ2) is 15.7. The van der Waals surface area contributed by atoms with Crippen molar-refractivity contribution in [2.45, 2.75) is 111 Å². The van der Waals surface area contributed by atoms with Crippen LogP contribution in [0.15, 0.2) is 11.8 Å². The van der Waals surface area contributed by atoms with Gasteiger partial charge in [-0.1, -0.05) is 39.7 Å². The van der Waals surface area contributed by atoms with E-state index in [4.69, 9.17) is 9.47 Å². The number of esters is 1. The smallest absolute Gasteiger partial charge is 0.408 e. The average molecular weight is 441 g/mol. The minimum absolute atomic E-state index is 0.148. The van der Waals surface area contributed by atoms with Crippen LogP contribution >= 0.6 is 0 Å². The minimum Gasteiger partial charge on any atom is -0.466 e. The predicted octanol–water partition coefficient (Wildman–Crippen LogP) is 5.24. The summed E-state index contributed by atoms with van der Waals surface area (Å²) in [5, 5.41) is 5.71. The molecule has 0 aromatic heterocycles. The van der Waals surface area contributed by atoms with Gasteiger partial charge in [0.1, 0.15) is 11.6 Å². The second-order valence-electron chi connectivity index (χ2n) is 9.20. The standard InChI is InChI=1S/C24H44N2O5/c1-8-14-19(15-12-10-11-13-16-21(27)30-9-2)25-22(28)20(17-18(3)4)26-23(29)31-24(5,6)7/h15,18,20H,8-14,16-17H2,1-7H3,(H,25,28)(H,26,29)/t20-/m0/s1. The van der Waals surface area contributed by atoms with Crippen LogP contribution in [0.25, 0.3) is 0 Å². The van der Waals surface area contributed by atoms with E-state index in [1.165, 1.54) is 0 Å². The fourth-order valence-electron chi connectivity index (χ4n) is 2.98. The lowest BCUT2D eigenvalue weighted by Crippen LogP contribution is -2.48. The number of hydrogen-bond donors (Lipinski definition) is 2. The fourth-order valence-corrected chi connectivity index (χ4v) is 2.98. The van der Waals surface area contributed by atoms with Gasteiger partial charge < -0.3 is 20.1 Å². The van der Waals surface area contributed by atoms with Crippen LogP contribution in [-0.2, 0) is 19.1 Å². The molecule has 180 valence electrons. The number of rotatable bonds is 14. The van der Waals surface area contributed by atoms with Crippen molar-refractivity contribution in [1.82, 2.24) is 10.6 Å². The summed E-state index contributed by atoms with van der Waals surface area (Å²) in [5.74, 6) is -0.129. The summed E-state index contributed by atoms with van der Waals surface area (Å²) in [6.45, 7) is 13.7. The molecule has 2 N–H and O–H groups in total. The predicted molar refractivity (Wildman–Crippen MR) is 123 cm³/mol. The summed E-state index contributed by atoms with van der Waals surface area (Å²) in [7, 11) is 0. The molecule has 0 saturated heterocycles. The largest absolute Gasteiger partial charge is 0.466 e. The van der Waals surface area contributed by atoms with E-state index in [1.807, 2.05) is 19.9 Å². The molecule has 0 radical (unpaired) electrons. The van der Waals surface area contributed by atoms with Gasteiger partial charge in [0.15, 0.2) is 0 Å². The molecule has 0 fully saturated rings. The summed E-state index contributed by atoms with van der Waals surface area (Å²) in [6.07, 6.45) is 7.60. The maximum Gasteiger partial charge on any atom is 0.408 e. The van der Waals surface area contributed by atoms with Gasteiger partial charge in [0, 0.05) is 12.1 Å². The van der Waals surface area contributed by atoms with Gasteiger partial charge in [0.25, 0.3) is 0 Å². The topological polar surface area (TPSA) is 93.7 Å². The molecule has 0 spiro atoms. The number of carbonyl (C=O) groups is 3. The molecule has 0 bridgehead atoms. The molecular weight excluding hydrogens is 396 g/mol. The van der Waals surface area contributed by atoms with Crippen LogP contribution in [0.2, 0.25) is 0 Å². The molecule has 0 aliphatic carbocycles. The first-order valence-electron chi connectivity index (χ1n) is 11.6. The number of nitrogens with one attached hydrogen (secondary N) is 2. The zero-order valence-corrected chi connectivity index (χ0v) is 20.6. The Bertz CT molecular complexity index is 579. The van der Waals surface area contributed by atoms with E-state index >= 15 is 0 Å². The maximum atomic E-state index is 12.9. The Kier molecular flexibility index (Phi) is 14.7. The van der Waals surface area contributed by atoms with Crippen LogP contribution in [0, 0.1) is 5.92 Å². The molecule has 0 aliphatic heterocycles. The number of amides is 2. The third-order valence-corrected chi connectivity index (χ3v) is 4.30. The van der Waals surface area contributed by atoms with Gasteiger partial charge in [-0.15, -0.1) is 0 Å². The monoisotopic (exact) mass is 440 g/mol. The third kappa shape index (κ3) is 16.3. The summed E-state index contributed by atoms with van der Waals surface area (Å²) < 4.78 is 10.2. The summed E-state index contributed by atoms with van der Waals surface area (Å²) >= 11 is 0. The van der Waals surface area contributed by atoms with Crippen molar-refractivity contribution in [3.8, 4) is 0 Å². The molecule has 0 saturated carbocycles. The SMILES string of the molecule is CCCC(=CCCCCCC(=O)OCC)NC(=O)[C@H](CC(C)C)NC(=O)OC(C)(C)C.